The van der Waals surface area contributed by atoms with Crippen molar-refractivity contribution in [3.8, 4) is 0 Å². The van der Waals surface area contributed by atoms with E-state index in [0.717, 1.165) is 128 Å². The molecule has 0 amide bonds. The third kappa shape index (κ3) is 74.2. The number of hydrogen-bond donors (Lipinski definition) is 0. The Morgan fingerprint density at radius 3 is 0.860 bits per heavy atom. The zero-order valence-electron chi connectivity index (χ0n) is 60.3. The third-order valence-electron chi connectivity index (χ3n) is 15.8. The molecule has 9 heteroatoms. The molecule has 0 aromatic heterocycles. The van der Waals surface area contributed by atoms with Crippen molar-refractivity contribution >= 4 is 17.9 Å². The summed E-state index contributed by atoms with van der Waals surface area (Å²) in [5.74, 6) is -2.30. The van der Waals surface area contributed by atoms with Gasteiger partial charge in [-0.1, -0.05) is 320 Å². The molecule has 0 saturated heterocycles. The van der Waals surface area contributed by atoms with Crippen molar-refractivity contribution in [3.05, 3.63) is 158 Å². The average Bonchev–Trinajstić information content (AvgIpc) is 3.74. The maximum Gasteiger partial charge on any atom is 0.306 e. The monoisotopic (exact) mass is 1290 g/mol. The van der Waals surface area contributed by atoms with Gasteiger partial charge in [0, 0.05) is 12.8 Å². The summed E-state index contributed by atoms with van der Waals surface area (Å²) < 4.78 is 22.8. The molecule has 93 heavy (non-hydrogen) atoms. The summed E-state index contributed by atoms with van der Waals surface area (Å²) in [5, 5.41) is 11.8. The maximum atomic E-state index is 12.9. The number of aliphatic carboxylic acids is 1. The number of hydrogen-bond acceptors (Lipinski definition) is 8. The van der Waals surface area contributed by atoms with E-state index in [2.05, 4.69) is 172 Å². The first-order chi connectivity index (χ1) is 45.6. The Labute approximate surface area is 572 Å². The Kier molecular flexibility index (Phi) is 68.8. The number of carboxylic acids is 1. The summed E-state index contributed by atoms with van der Waals surface area (Å²) >= 11 is 0. The number of nitrogens with zero attached hydrogens (tertiary/aromatic N) is 1. The minimum Gasteiger partial charge on any atom is -0.545 e. The van der Waals surface area contributed by atoms with Crippen LogP contribution in [0, 0.1) is 0 Å². The first-order valence-electron chi connectivity index (χ1n) is 37.6. The lowest BCUT2D eigenvalue weighted by molar-refractivity contribution is -0.870. The number of esters is 2. The highest BCUT2D eigenvalue weighted by atomic mass is 16.7. The molecule has 0 aliphatic carbocycles. The van der Waals surface area contributed by atoms with Crippen LogP contribution < -0.4 is 5.11 Å². The number of carboxylic acid groups (broad SMARTS) is 1. The van der Waals surface area contributed by atoms with Gasteiger partial charge in [0.2, 0.25) is 0 Å². The summed E-state index contributed by atoms with van der Waals surface area (Å²) in [6.45, 7) is 4.51. The van der Waals surface area contributed by atoms with E-state index in [1.807, 2.05) is 21.1 Å². The molecule has 0 heterocycles. The summed E-state index contributed by atoms with van der Waals surface area (Å²) in [6.07, 6.45) is 105. The lowest BCUT2D eigenvalue weighted by Crippen LogP contribution is -2.44. The predicted octanol–water partition coefficient (Wildman–Crippen LogP) is 22.7. The molecule has 0 N–H and O–H groups in total. The average molecular weight is 1290 g/mol. The lowest BCUT2D eigenvalue weighted by Gasteiger charge is -2.26. The van der Waals surface area contributed by atoms with Gasteiger partial charge >= 0.3 is 11.9 Å². The van der Waals surface area contributed by atoms with Gasteiger partial charge in [0.1, 0.15) is 13.2 Å². The summed E-state index contributed by atoms with van der Waals surface area (Å²) in [5.41, 5.74) is 0. The lowest BCUT2D eigenvalue weighted by atomic mass is 10.0. The van der Waals surface area contributed by atoms with Crippen LogP contribution in [0.4, 0.5) is 0 Å². The number of allylic oxidation sites excluding steroid dienone is 26. The third-order valence-corrected chi connectivity index (χ3v) is 15.8. The van der Waals surface area contributed by atoms with E-state index >= 15 is 0 Å². The molecular weight excluding hydrogens is 1150 g/mol. The largest absolute Gasteiger partial charge is 0.545 e. The van der Waals surface area contributed by atoms with E-state index in [1.54, 1.807) is 0 Å². The number of carbonyl (C=O) groups is 3. The Bertz CT molecular complexity index is 2090. The van der Waals surface area contributed by atoms with Crippen LogP contribution in [-0.4, -0.2) is 82.3 Å². The van der Waals surface area contributed by atoms with Crippen molar-refractivity contribution < 1.29 is 42.9 Å². The molecule has 9 nitrogen and oxygen atoms in total. The first-order valence-corrected chi connectivity index (χ1v) is 37.6. The number of ether oxygens (including phenoxy) is 4. The molecule has 0 fully saturated rings. The van der Waals surface area contributed by atoms with E-state index < -0.39 is 24.3 Å². The first kappa shape index (κ1) is 87.9. The normalized spacial score (nSPS) is 13.6. The SMILES string of the molecule is CC/C=C\C/C=C\C/C=C\C/C=C\C/C=C\C/C=C\C/C=C\CCCCCCCCCC(=O)OC(COC(=O)CCCCCCCCCCCCCCCCCCCCCC/C=C\C/C=C\C/C=C\C/C=C\C/C=C\C/C=C\CC)COC(OCC[N+](C)(C)C)C(=O)[O-]. The highest BCUT2D eigenvalue weighted by Gasteiger charge is 2.22. The minimum atomic E-state index is -1.63. The second kappa shape index (κ2) is 72.7. The van der Waals surface area contributed by atoms with Crippen LogP contribution in [0.5, 0.6) is 0 Å². The fourth-order valence-corrected chi connectivity index (χ4v) is 10.1. The number of quaternary nitrogens is 1. The zero-order valence-corrected chi connectivity index (χ0v) is 60.3. The van der Waals surface area contributed by atoms with Crippen LogP contribution in [-0.2, 0) is 33.3 Å². The molecule has 0 aliphatic heterocycles. The Hall–Kier alpha value is -5.09. The number of rotatable bonds is 68. The Morgan fingerprint density at radius 2 is 0.581 bits per heavy atom. The van der Waals surface area contributed by atoms with E-state index in [9.17, 15) is 19.5 Å². The van der Waals surface area contributed by atoms with Gasteiger partial charge in [-0.3, -0.25) is 9.59 Å². The molecule has 0 radical (unpaired) electrons. The van der Waals surface area contributed by atoms with E-state index in [-0.39, 0.29) is 38.6 Å². The maximum absolute atomic E-state index is 12.9. The standard InChI is InChI=1S/C84H139NO8/c1-6-8-10-12-14-16-18-20-22-24-26-28-30-32-34-36-37-38-39-40-41-42-43-44-45-47-48-50-52-54-56-58-60-62-64-66-68-70-72-74-81(86)91-78-80(79-92-84(83(88)89)90-77-76-85(3,4)5)93-82(87)75-73-71-69-67-65-63-61-59-57-55-53-51-49-46-35-33-31-29-27-25-23-21-19-17-15-13-11-9-7-2/h8-11,14-17,20-23,26-29,32-35,37-38,49,51,55,57,80,84H,6-7,12-13,18-19,24-25,30-31,36,39-48,50,52-54,56,58-79H2,1-5H3/b10-8-,11-9-,16-14-,17-15-,22-20-,23-21-,28-26-,29-27-,34-32-,35-33-,38-37-,51-49-,57-55-. The van der Waals surface area contributed by atoms with Gasteiger partial charge in [0.05, 0.1) is 40.3 Å². The molecule has 0 rings (SSSR count). The highest BCUT2D eigenvalue weighted by Crippen LogP contribution is 2.17. The van der Waals surface area contributed by atoms with Gasteiger partial charge in [-0.2, -0.15) is 0 Å². The van der Waals surface area contributed by atoms with E-state index in [0.29, 0.717) is 17.4 Å². The van der Waals surface area contributed by atoms with Gasteiger partial charge < -0.3 is 33.3 Å². The van der Waals surface area contributed by atoms with Gasteiger partial charge in [-0.25, -0.2) is 0 Å². The molecule has 2 unspecified atom stereocenters. The predicted molar refractivity (Wildman–Crippen MR) is 398 cm³/mol. The molecular formula is C84H139NO8. The quantitative estimate of drug-likeness (QED) is 0.0195. The van der Waals surface area contributed by atoms with Crippen LogP contribution in [0.3, 0.4) is 0 Å². The van der Waals surface area contributed by atoms with Crippen LogP contribution in [0.25, 0.3) is 0 Å². The molecule has 0 saturated carbocycles. The van der Waals surface area contributed by atoms with Crippen molar-refractivity contribution in [2.24, 2.45) is 0 Å². The highest BCUT2D eigenvalue weighted by molar-refractivity contribution is 5.70. The van der Waals surface area contributed by atoms with Gasteiger partial charge in [0.15, 0.2) is 12.4 Å². The zero-order chi connectivity index (χ0) is 67.5. The van der Waals surface area contributed by atoms with Crippen molar-refractivity contribution in [1.29, 1.82) is 0 Å². The van der Waals surface area contributed by atoms with Gasteiger partial charge in [-0.15, -0.1) is 0 Å². The molecule has 0 bridgehead atoms. The van der Waals surface area contributed by atoms with Crippen LogP contribution >= 0.6 is 0 Å². The summed E-state index contributed by atoms with van der Waals surface area (Å²) in [7, 11) is 5.92. The van der Waals surface area contributed by atoms with Crippen LogP contribution in [0.15, 0.2) is 158 Å². The molecule has 528 valence electrons. The van der Waals surface area contributed by atoms with Gasteiger partial charge in [-0.05, 0) is 122 Å². The van der Waals surface area contributed by atoms with E-state index in [4.69, 9.17) is 18.9 Å². The van der Waals surface area contributed by atoms with Crippen molar-refractivity contribution in [3.63, 3.8) is 0 Å². The Balaban J connectivity index is 4.09. The van der Waals surface area contributed by atoms with Crippen molar-refractivity contribution in [1.82, 2.24) is 0 Å². The molecule has 0 aromatic rings. The summed E-state index contributed by atoms with van der Waals surface area (Å²) in [6, 6.07) is 0. The topological polar surface area (TPSA) is 111 Å². The number of carbonyl (C=O) groups excluding carboxylic acids is 3. The van der Waals surface area contributed by atoms with Gasteiger partial charge in [0.25, 0.3) is 0 Å². The molecule has 2 atom stereocenters. The van der Waals surface area contributed by atoms with Crippen LogP contribution in [0.1, 0.15) is 296 Å². The van der Waals surface area contributed by atoms with Crippen LogP contribution in [0.2, 0.25) is 0 Å². The summed E-state index contributed by atoms with van der Waals surface area (Å²) in [4.78, 5) is 37.6. The second-order valence-electron chi connectivity index (χ2n) is 25.8. The fourth-order valence-electron chi connectivity index (χ4n) is 10.1. The Morgan fingerprint density at radius 1 is 0.323 bits per heavy atom. The minimum absolute atomic E-state index is 0.139. The fraction of sp³-hybridized carbons (Fsp3) is 0.655. The molecule has 0 spiro atoms. The molecule has 0 aromatic carbocycles. The van der Waals surface area contributed by atoms with Crippen molar-refractivity contribution in [2.75, 3.05) is 47.5 Å². The second-order valence-corrected chi connectivity index (χ2v) is 25.8. The number of unbranched alkanes of at least 4 members (excludes halogenated alkanes) is 27. The number of likely N-dealkylation sites (N-methyl/N-ethyl adjacent to an activating group) is 1. The molecule has 0 aliphatic rings. The van der Waals surface area contributed by atoms with Crippen molar-refractivity contribution in [2.45, 2.75) is 309 Å². The van der Waals surface area contributed by atoms with E-state index in [1.165, 1.54) is 135 Å². The smallest absolute Gasteiger partial charge is 0.306 e.